The summed E-state index contributed by atoms with van der Waals surface area (Å²) in [5.74, 6) is 0.972. The minimum absolute atomic E-state index is 0.0825. The zero-order valence-electron chi connectivity index (χ0n) is 16.5. The van der Waals surface area contributed by atoms with Crippen molar-refractivity contribution < 1.29 is 5.11 Å². The lowest BCUT2D eigenvalue weighted by Gasteiger charge is -2.35. The molecule has 0 radical (unpaired) electrons. The van der Waals surface area contributed by atoms with E-state index < -0.39 is 0 Å². The van der Waals surface area contributed by atoms with Gasteiger partial charge in [-0.15, -0.1) is 0 Å². The van der Waals surface area contributed by atoms with E-state index in [1.807, 2.05) is 0 Å². The first-order valence-electron chi connectivity index (χ1n) is 10.3. The van der Waals surface area contributed by atoms with Crippen LogP contribution in [0.3, 0.4) is 0 Å². The van der Waals surface area contributed by atoms with Crippen LogP contribution in [0.4, 0.5) is 0 Å². The fraction of sp³-hybridized carbons (Fsp3) is 0.947. The number of hydrogen-bond acceptors (Lipinski definition) is 4. The van der Waals surface area contributed by atoms with Gasteiger partial charge in [0.2, 0.25) is 0 Å². The number of rotatable bonds is 7. The van der Waals surface area contributed by atoms with Crippen LogP contribution in [0.15, 0.2) is 4.99 Å². The Morgan fingerprint density at radius 3 is 2.40 bits per heavy atom. The molecule has 0 atom stereocenters. The molecule has 0 saturated carbocycles. The summed E-state index contributed by atoms with van der Waals surface area (Å²) >= 11 is 0. The second-order valence-electron chi connectivity index (χ2n) is 7.74. The Bertz CT molecular complexity index is 385. The van der Waals surface area contributed by atoms with E-state index in [9.17, 15) is 5.11 Å². The molecule has 146 valence electrons. The predicted molar refractivity (Wildman–Crippen MR) is 105 cm³/mol. The summed E-state index contributed by atoms with van der Waals surface area (Å²) in [6, 6.07) is 1.19. The van der Waals surface area contributed by atoms with E-state index in [1.54, 1.807) is 0 Å². The highest BCUT2D eigenvalue weighted by molar-refractivity contribution is 5.80. The van der Waals surface area contributed by atoms with Crippen LogP contribution >= 0.6 is 0 Å². The smallest absolute Gasteiger partial charge is 0.191 e. The van der Waals surface area contributed by atoms with Gasteiger partial charge in [0.15, 0.2) is 5.96 Å². The molecular weight excluding hydrogens is 314 g/mol. The van der Waals surface area contributed by atoms with Gasteiger partial charge in [0, 0.05) is 51.4 Å². The van der Waals surface area contributed by atoms with Crippen molar-refractivity contribution in [3.05, 3.63) is 0 Å². The molecule has 0 aromatic heterocycles. The van der Waals surface area contributed by atoms with Crippen molar-refractivity contribution in [2.45, 2.75) is 71.1 Å². The van der Waals surface area contributed by atoms with E-state index in [4.69, 9.17) is 4.99 Å². The third kappa shape index (κ3) is 7.50. The number of piperidine rings is 2. The molecule has 2 aliphatic rings. The first-order chi connectivity index (χ1) is 12.1. The number of guanidine groups is 1. The van der Waals surface area contributed by atoms with Gasteiger partial charge in [-0.1, -0.05) is 0 Å². The number of nitrogens with zero attached hydrogens (tertiary/aromatic N) is 3. The van der Waals surface area contributed by atoms with Crippen molar-refractivity contribution in [2.24, 2.45) is 4.99 Å². The summed E-state index contributed by atoms with van der Waals surface area (Å²) in [5.41, 5.74) is 0. The van der Waals surface area contributed by atoms with Crippen LogP contribution in [0.5, 0.6) is 0 Å². The molecule has 2 aliphatic heterocycles. The van der Waals surface area contributed by atoms with Crippen molar-refractivity contribution in [1.82, 2.24) is 20.4 Å². The molecule has 0 aromatic rings. The van der Waals surface area contributed by atoms with Gasteiger partial charge in [0.05, 0.1) is 6.10 Å². The number of aliphatic hydroxyl groups excluding tert-OH is 1. The average Bonchev–Trinajstić information content (AvgIpc) is 2.61. The Morgan fingerprint density at radius 1 is 1.12 bits per heavy atom. The highest BCUT2D eigenvalue weighted by atomic mass is 16.3. The van der Waals surface area contributed by atoms with Gasteiger partial charge in [-0.2, -0.15) is 0 Å². The molecule has 0 spiro atoms. The number of hydrogen-bond donors (Lipinski definition) is 3. The van der Waals surface area contributed by atoms with E-state index in [0.29, 0.717) is 12.1 Å². The van der Waals surface area contributed by atoms with Crippen molar-refractivity contribution in [2.75, 3.05) is 45.8 Å². The maximum Gasteiger partial charge on any atom is 0.191 e. The van der Waals surface area contributed by atoms with Gasteiger partial charge in [0.25, 0.3) is 0 Å². The van der Waals surface area contributed by atoms with Crippen LogP contribution in [-0.4, -0.2) is 84.9 Å². The molecule has 0 bridgehead atoms. The number of nitrogens with one attached hydrogen (secondary N) is 2. The second-order valence-corrected chi connectivity index (χ2v) is 7.74. The zero-order valence-corrected chi connectivity index (χ0v) is 16.5. The molecule has 2 heterocycles. The lowest BCUT2D eigenvalue weighted by Crippen LogP contribution is -2.49. The topological polar surface area (TPSA) is 63.1 Å². The number of aliphatic imine (C=N–C) groups is 1. The van der Waals surface area contributed by atoms with Crippen LogP contribution < -0.4 is 10.6 Å². The average molecular weight is 354 g/mol. The molecule has 6 nitrogen and oxygen atoms in total. The quantitative estimate of drug-likeness (QED) is 0.365. The Hall–Kier alpha value is -0.850. The van der Waals surface area contributed by atoms with Crippen molar-refractivity contribution in [3.8, 4) is 0 Å². The molecule has 0 aromatic carbocycles. The first-order valence-corrected chi connectivity index (χ1v) is 10.3. The maximum absolute atomic E-state index is 9.56. The van der Waals surface area contributed by atoms with E-state index in [2.05, 4.69) is 41.2 Å². The first kappa shape index (κ1) is 20.5. The van der Waals surface area contributed by atoms with Crippen LogP contribution in [0, 0.1) is 0 Å². The minimum Gasteiger partial charge on any atom is -0.393 e. The standard InChI is InChI=1S/C19H39N5O/c1-4-20-19(22-17-6-14-24(15-7-17)16(2)3)21-10-5-11-23-12-8-18(25)9-13-23/h16-18,25H,4-15H2,1-3H3,(H2,20,21,22). The number of aliphatic hydroxyl groups is 1. The predicted octanol–water partition coefficient (Wildman–Crippen LogP) is 1.26. The molecule has 6 heteroatoms. The fourth-order valence-electron chi connectivity index (χ4n) is 3.70. The summed E-state index contributed by atoms with van der Waals surface area (Å²) in [7, 11) is 0. The molecule has 25 heavy (non-hydrogen) atoms. The van der Waals surface area contributed by atoms with Gasteiger partial charge in [0.1, 0.15) is 0 Å². The Balaban J connectivity index is 1.67. The number of likely N-dealkylation sites (tertiary alicyclic amines) is 2. The molecule has 0 amide bonds. The van der Waals surface area contributed by atoms with Crippen molar-refractivity contribution in [3.63, 3.8) is 0 Å². The summed E-state index contributed by atoms with van der Waals surface area (Å²) in [6.45, 7) is 13.9. The molecule has 0 aliphatic carbocycles. The van der Waals surface area contributed by atoms with Crippen LogP contribution in [0.25, 0.3) is 0 Å². The Labute approximate surface area is 154 Å². The van der Waals surface area contributed by atoms with Crippen LogP contribution in [-0.2, 0) is 0 Å². The molecule has 3 N–H and O–H groups in total. The highest BCUT2D eigenvalue weighted by Crippen LogP contribution is 2.13. The van der Waals surface area contributed by atoms with Crippen molar-refractivity contribution >= 4 is 5.96 Å². The van der Waals surface area contributed by atoms with Gasteiger partial charge in [-0.05, 0) is 59.4 Å². The largest absolute Gasteiger partial charge is 0.393 e. The summed E-state index contributed by atoms with van der Waals surface area (Å²) in [6.07, 6.45) is 5.22. The lowest BCUT2D eigenvalue weighted by atomic mass is 10.0. The molecule has 0 unspecified atom stereocenters. The monoisotopic (exact) mass is 353 g/mol. The molecule has 2 fully saturated rings. The van der Waals surface area contributed by atoms with Gasteiger partial charge in [-0.3, -0.25) is 4.99 Å². The summed E-state index contributed by atoms with van der Waals surface area (Å²) in [5, 5.41) is 16.6. The molecule has 2 rings (SSSR count). The lowest BCUT2D eigenvalue weighted by molar-refractivity contribution is 0.0824. The second kappa shape index (κ2) is 11.0. The third-order valence-electron chi connectivity index (χ3n) is 5.40. The van der Waals surface area contributed by atoms with Crippen molar-refractivity contribution in [1.29, 1.82) is 0 Å². The Kier molecular flexibility index (Phi) is 8.99. The van der Waals surface area contributed by atoms with Gasteiger partial charge in [-0.25, -0.2) is 0 Å². The highest BCUT2D eigenvalue weighted by Gasteiger charge is 2.21. The Morgan fingerprint density at radius 2 is 1.80 bits per heavy atom. The van der Waals surface area contributed by atoms with Crippen LogP contribution in [0.1, 0.15) is 52.9 Å². The van der Waals surface area contributed by atoms with E-state index >= 15 is 0 Å². The van der Waals surface area contributed by atoms with Gasteiger partial charge >= 0.3 is 0 Å². The minimum atomic E-state index is -0.0825. The zero-order chi connectivity index (χ0) is 18.1. The molecular formula is C19H39N5O. The summed E-state index contributed by atoms with van der Waals surface area (Å²) in [4.78, 5) is 9.77. The maximum atomic E-state index is 9.56. The van der Waals surface area contributed by atoms with E-state index in [1.165, 1.54) is 25.9 Å². The van der Waals surface area contributed by atoms with Crippen LogP contribution in [0.2, 0.25) is 0 Å². The fourth-order valence-corrected chi connectivity index (χ4v) is 3.70. The summed E-state index contributed by atoms with van der Waals surface area (Å²) < 4.78 is 0. The van der Waals surface area contributed by atoms with E-state index in [-0.39, 0.29) is 6.10 Å². The van der Waals surface area contributed by atoms with E-state index in [0.717, 1.165) is 57.9 Å². The van der Waals surface area contributed by atoms with Gasteiger partial charge < -0.3 is 25.5 Å². The third-order valence-corrected chi connectivity index (χ3v) is 5.40. The normalized spacial score (nSPS) is 22.5. The SMILES string of the molecule is CCNC(=NCCCN1CCC(O)CC1)NC1CCN(C(C)C)CC1. The molecule has 2 saturated heterocycles.